The van der Waals surface area contributed by atoms with Crippen molar-refractivity contribution in [1.29, 1.82) is 0 Å². The van der Waals surface area contributed by atoms with Gasteiger partial charge in [0.05, 0.1) is 5.69 Å². The van der Waals surface area contributed by atoms with Gasteiger partial charge in [-0.3, -0.25) is 4.79 Å². The van der Waals surface area contributed by atoms with Crippen LogP contribution in [0.15, 0.2) is 18.2 Å². The molecule has 2 aromatic rings. The molecular weight excluding hydrogens is 302 g/mol. The van der Waals surface area contributed by atoms with Crippen molar-refractivity contribution in [3.63, 3.8) is 0 Å². The van der Waals surface area contributed by atoms with Crippen LogP contribution in [0.25, 0.3) is 5.69 Å². The Kier molecular flexibility index (Phi) is 4.38. The fraction of sp³-hybridized carbons (Fsp3) is 0.375. The molecule has 5 nitrogen and oxygen atoms in total. The van der Waals surface area contributed by atoms with Crippen LogP contribution in [0, 0.1) is 11.6 Å². The van der Waals surface area contributed by atoms with Gasteiger partial charge in [-0.15, -0.1) is 0 Å². The fourth-order valence-electron chi connectivity index (χ4n) is 2.84. The highest BCUT2D eigenvalue weighted by molar-refractivity contribution is 5.94. The Labute approximate surface area is 132 Å². The van der Waals surface area contributed by atoms with Crippen molar-refractivity contribution in [3.8, 4) is 5.69 Å². The van der Waals surface area contributed by atoms with Crippen molar-refractivity contribution in [1.82, 2.24) is 15.1 Å². The molecule has 23 heavy (non-hydrogen) atoms. The first-order valence-electron chi connectivity index (χ1n) is 7.66. The number of hydrogen-bond donors (Lipinski definition) is 2. The Morgan fingerprint density at radius 2 is 2.13 bits per heavy atom. The Bertz CT molecular complexity index is 742. The summed E-state index contributed by atoms with van der Waals surface area (Å²) in [5.74, 6) is -2.09. The third-order valence-electron chi connectivity index (χ3n) is 3.96. The summed E-state index contributed by atoms with van der Waals surface area (Å²) in [6.45, 7) is 0.990. The van der Waals surface area contributed by atoms with E-state index in [-0.39, 0.29) is 5.91 Å². The molecule has 7 heteroatoms. The molecule has 122 valence electrons. The minimum atomic E-state index is -0.932. The highest BCUT2D eigenvalue weighted by Gasteiger charge is 2.27. The fourth-order valence-corrected chi connectivity index (χ4v) is 2.84. The molecule has 0 saturated carbocycles. The van der Waals surface area contributed by atoms with Crippen LogP contribution in [-0.4, -0.2) is 28.8 Å². The molecule has 0 saturated heterocycles. The summed E-state index contributed by atoms with van der Waals surface area (Å²) in [6, 6.07) is 3.62. The van der Waals surface area contributed by atoms with E-state index in [0.717, 1.165) is 42.7 Å². The molecule has 0 unspecified atom stereocenters. The SMILES string of the molecule is NCCCNC(=O)c1nn(-c2ccc(F)c(F)c2)c2c1CCC2. The second-order valence-corrected chi connectivity index (χ2v) is 5.54. The van der Waals surface area contributed by atoms with Gasteiger partial charge in [0, 0.05) is 23.9 Å². The second kappa shape index (κ2) is 6.45. The zero-order valence-corrected chi connectivity index (χ0v) is 12.6. The molecule has 0 fully saturated rings. The number of nitrogens with zero attached hydrogens (tertiary/aromatic N) is 2. The summed E-state index contributed by atoms with van der Waals surface area (Å²) in [4.78, 5) is 12.3. The van der Waals surface area contributed by atoms with Crippen molar-refractivity contribution in [2.24, 2.45) is 5.73 Å². The molecule has 0 bridgehead atoms. The van der Waals surface area contributed by atoms with Gasteiger partial charge in [-0.05, 0) is 44.4 Å². The van der Waals surface area contributed by atoms with Crippen LogP contribution in [0.1, 0.15) is 34.6 Å². The van der Waals surface area contributed by atoms with Crippen LogP contribution in [0.5, 0.6) is 0 Å². The van der Waals surface area contributed by atoms with Crippen molar-refractivity contribution >= 4 is 5.91 Å². The number of halogens is 2. The van der Waals surface area contributed by atoms with Crippen molar-refractivity contribution in [2.45, 2.75) is 25.7 Å². The highest BCUT2D eigenvalue weighted by Crippen LogP contribution is 2.28. The van der Waals surface area contributed by atoms with Crippen molar-refractivity contribution < 1.29 is 13.6 Å². The molecule has 3 N–H and O–H groups in total. The average molecular weight is 320 g/mol. The summed E-state index contributed by atoms with van der Waals surface area (Å²) in [6.07, 6.45) is 3.13. The Morgan fingerprint density at radius 1 is 1.30 bits per heavy atom. The maximum absolute atomic E-state index is 13.5. The van der Waals surface area contributed by atoms with Crippen LogP contribution in [0.4, 0.5) is 8.78 Å². The maximum atomic E-state index is 13.5. The molecule has 1 aliphatic carbocycles. The van der Waals surface area contributed by atoms with E-state index in [2.05, 4.69) is 10.4 Å². The Morgan fingerprint density at radius 3 is 2.87 bits per heavy atom. The van der Waals surface area contributed by atoms with E-state index in [0.29, 0.717) is 30.9 Å². The van der Waals surface area contributed by atoms with Gasteiger partial charge in [-0.2, -0.15) is 5.10 Å². The molecule has 0 aliphatic heterocycles. The lowest BCUT2D eigenvalue weighted by Gasteiger charge is -2.06. The van der Waals surface area contributed by atoms with Gasteiger partial charge in [0.1, 0.15) is 0 Å². The number of carbonyl (C=O) groups is 1. The molecule has 1 aliphatic rings. The molecule has 0 atom stereocenters. The van der Waals surface area contributed by atoms with Gasteiger partial charge in [-0.25, -0.2) is 13.5 Å². The summed E-state index contributed by atoms with van der Waals surface area (Å²) in [5, 5.41) is 7.12. The zero-order valence-electron chi connectivity index (χ0n) is 12.6. The van der Waals surface area contributed by atoms with E-state index < -0.39 is 11.6 Å². The van der Waals surface area contributed by atoms with Gasteiger partial charge in [0.15, 0.2) is 17.3 Å². The number of fused-ring (bicyclic) bond motifs is 1. The number of hydrogen-bond acceptors (Lipinski definition) is 3. The van der Waals surface area contributed by atoms with Gasteiger partial charge in [0.25, 0.3) is 5.91 Å². The molecule has 1 aromatic carbocycles. The Hall–Kier alpha value is -2.28. The first-order valence-corrected chi connectivity index (χ1v) is 7.66. The van der Waals surface area contributed by atoms with E-state index in [1.54, 1.807) is 4.68 Å². The first kappa shape index (κ1) is 15.6. The number of nitrogens with two attached hydrogens (primary N) is 1. The minimum absolute atomic E-state index is 0.252. The van der Waals surface area contributed by atoms with Crippen molar-refractivity contribution in [3.05, 3.63) is 46.8 Å². The van der Waals surface area contributed by atoms with Gasteiger partial charge in [0.2, 0.25) is 0 Å². The molecule has 1 aromatic heterocycles. The quantitative estimate of drug-likeness (QED) is 0.824. The van der Waals surface area contributed by atoms with Crippen LogP contribution in [0.3, 0.4) is 0 Å². The summed E-state index contributed by atoms with van der Waals surface area (Å²) in [7, 11) is 0. The van der Waals surface area contributed by atoms with Crippen LogP contribution in [0.2, 0.25) is 0 Å². The van der Waals surface area contributed by atoms with Crippen molar-refractivity contribution in [2.75, 3.05) is 13.1 Å². The first-order chi connectivity index (χ1) is 11.1. The van der Waals surface area contributed by atoms with E-state index in [1.807, 2.05) is 0 Å². The topological polar surface area (TPSA) is 72.9 Å². The van der Waals surface area contributed by atoms with E-state index in [9.17, 15) is 13.6 Å². The number of amides is 1. The summed E-state index contributed by atoms with van der Waals surface area (Å²) < 4.78 is 28.1. The van der Waals surface area contributed by atoms with E-state index in [1.165, 1.54) is 6.07 Å². The predicted molar refractivity (Wildman–Crippen MR) is 81.5 cm³/mol. The third kappa shape index (κ3) is 2.96. The minimum Gasteiger partial charge on any atom is -0.351 e. The number of rotatable bonds is 5. The molecular formula is C16H18F2N4O. The number of carbonyl (C=O) groups excluding carboxylic acids is 1. The monoisotopic (exact) mass is 320 g/mol. The number of aromatic nitrogens is 2. The normalized spacial score (nSPS) is 13.2. The average Bonchev–Trinajstić information content (AvgIpc) is 3.12. The van der Waals surface area contributed by atoms with E-state index in [4.69, 9.17) is 5.73 Å². The standard InChI is InChI=1S/C16H18F2N4O/c17-12-6-5-10(9-13(12)18)22-14-4-1-3-11(14)15(21-22)16(23)20-8-2-7-19/h5-6,9H,1-4,7-8,19H2,(H,20,23). The largest absolute Gasteiger partial charge is 0.351 e. The maximum Gasteiger partial charge on any atom is 0.272 e. The lowest BCUT2D eigenvalue weighted by molar-refractivity contribution is 0.0947. The molecule has 1 heterocycles. The van der Waals surface area contributed by atoms with Crippen LogP contribution >= 0.6 is 0 Å². The zero-order chi connectivity index (χ0) is 16.4. The van der Waals surface area contributed by atoms with Crippen LogP contribution in [-0.2, 0) is 12.8 Å². The number of benzene rings is 1. The molecule has 0 radical (unpaired) electrons. The highest BCUT2D eigenvalue weighted by atomic mass is 19.2. The van der Waals surface area contributed by atoms with E-state index >= 15 is 0 Å². The van der Waals surface area contributed by atoms with Gasteiger partial charge in [-0.1, -0.05) is 0 Å². The molecule has 0 spiro atoms. The molecule has 1 amide bonds. The smallest absolute Gasteiger partial charge is 0.272 e. The Balaban J connectivity index is 1.95. The number of nitrogens with one attached hydrogen (secondary N) is 1. The lowest BCUT2D eigenvalue weighted by atomic mass is 10.2. The van der Waals surface area contributed by atoms with Gasteiger partial charge >= 0.3 is 0 Å². The predicted octanol–water partition coefficient (Wildman–Crippen LogP) is 1.72. The van der Waals surface area contributed by atoms with Gasteiger partial charge < -0.3 is 11.1 Å². The van der Waals surface area contributed by atoms with Crippen LogP contribution < -0.4 is 11.1 Å². The third-order valence-corrected chi connectivity index (χ3v) is 3.96. The summed E-state index contributed by atoms with van der Waals surface area (Å²) >= 11 is 0. The lowest BCUT2D eigenvalue weighted by Crippen LogP contribution is -2.27. The summed E-state index contributed by atoms with van der Waals surface area (Å²) in [5.41, 5.74) is 7.97. The second-order valence-electron chi connectivity index (χ2n) is 5.54. The molecule has 3 rings (SSSR count).